The van der Waals surface area contributed by atoms with Gasteiger partial charge in [0.15, 0.2) is 23.0 Å². The molecular weight excluding hydrogens is 612 g/mol. The molecule has 0 aliphatic heterocycles. The molecule has 0 saturated heterocycles. The summed E-state index contributed by atoms with van der Waals surface area (Å²) in [6, 6.07) is 27.8. The van der Waals surface area contributed by atoms with Crippen molar-refractivity contribution < 1.29 is 28.5 Å². The van der Waals surface area contributed by atoms with Crippen LogP contribution in [0.4, 0.5) is 5.69 Å². The molecule has 0 heterocycles. The van der Waals surface area contributed by atoms with E-state index in [0.29, 0.717) is 57.7 Å². The summed E-state index contributed by atoms with van der Waals surface area (Å²) in [6.07, 6.45) is 1.49. The second kappa shape index (κ2) is 15.3. The fourth-order valence-electron chi connectivity index (χ4n) is 4.07. The molecule has 0 aromatic heterocycles. The van der Waals surface area contributed by atoms with Gasteiger partial charge in [-0.05, 0) is 94.2 Å². The quantitative estimate of drug-likeness (QED) is 0.119. The Labute approximate surface area is 259 Å². The van der Waals surface area contributed by atoms with Crippen molar-refractivity contribution in [1.82, 2.24) is 0 Å². The number of rotatable bonds is 13. The van der Waals surface area contributed by atoms with E-state index in [1.54, 1.807) is 50.6 Å². The molecule has 0 saturated carbocycles. The van der Waals surface area contributed by atoms with Crippen LogP contribution in [0.1, 0.15) is 23.6 Å². The minimum Gasteiger partial charge on any atom is -0.497 e. The largest absolute Gasteiger partial charge is 0.497 e. The number of carbonyl (C=O) groups is 1. The average Bonchev–Trinajstić information content (AvgIpc) is 3.03. The second-order valence-electron chi connectivity index (χ2n) is 9.16. The Hall–Kier alpha value is -4.94. The Morgan fingerprint density at radius 3 is 2.26 bits per heavy atom. The van der Waals surface area contributed by atoms with Crippen LogP contribution in [-0.2, 0) is 18.0 Å². The van der Waals surface area contributed by atoms with E-state index in [9.17, 15) is 10.1 Å². The van der Waals surface area contributed by atoms with Crippen LogP contribution in [-0.4, -0.2) is 26.7 Å². The van der Waals surface area contributed by atoms with Gasteiger partial charge in [-0.3, -0.25) is 4.79 Å². The van der Waals surface area contributed by atoms with Crippen molar-refractivity contribution in [1.29, 1.82) is 5.26 Å². The third-order valence-electron chi connectivity index (χ3n) is 6.20. The molecule has 0 unspecified atom stereocenters. The molecule has 0 bridgehead atoms. The van der Waals surface area contributed by atoms with Crippen molar-refractivity contribution in [2.45, 2.75) is 20.1 Å². The van der Waals surface area contributed by atoms with Crippen LogP contribution in [0.2, 0.25) is 0 Å². The Morgan fingerprint density at radius 2 is 1.58 bits per heavy atom. The summed E-state index contributed by atoms with van der Waals surface area (Å²) in [5.41, 5.74) is 2.98. The number of hydrogen-bond acceptors (Lipinski definition) is 7. The van der Waals surface area contributed by atoms with E-state index < -0.39 is 5.91 Å². The molecule has 4 aromatic carbocycles. The smallest absolute Gasteiger partial charge is 0.266 e. The van der Waals surface area contributed by atoms with Crippen LogP contribution in [0.25, 0.3) is 6.08 Å². The third-order valence-corrected chi connectivity index (χ3v) is 6.79. The van der Waals surface area contributed by atoms with Gasteiger partial charge in [0.1, 0.15) is 30.6 Å². The van der Waals surface area contributed by atoms with Crippen molar-refractivity contribution in [3.63, 3.8) is 0 Å². The van der Waals surface area contributed by atoms with Crippen molar-refractivity contribution in [3.05, 3.63) is 112 Å². The van der Waals surface area contributed by atoms with Gasteiger partial charge >= 0.3 is 0 Å². The molecule has 220 valence electrons. The Kier molecular flexibility index (Phi) is 11.1. The maximum Gasteiger partial charge on any atom is 0.266 e. The first kappa shape index (κ1) is 31.0. The highest BCUT2D eigenvalue weighted by atomic mass is 79.9. The molecule has 0 atom stereocenters. The Bertz CT molecular complexity index is 1610. The van der Waals surface area contributed by atoms with Crippen LogP contribution in [0.3, 0.4) is 0 Å². The molecule has 0 spiro atoms. The zero-order chi connectivity index (χ0) is 30.6. The second-order valence-corrected chi connectivity index (χ2v) is 10.0. The molecule has 9 heteroatoms. The van der Waals surface area contributed by atoms with E-state index in [4.69, 9.17) is 23.7 Å². The summed E-state index contributed by atoms with van der Waals surface area (Å²) >= 11 is 3.57. The van der Waals surface area contributed by atoms with Gasteiger partial charge in [-0.1, -0.05) is 36.4 Å². The summed E-state index contributed by atoms with van der Waals surface area (Å²) in [5, 5.41) is 12.4. The minimum atomic E-state index is -0.535. The van der Waals surface area contributed by atoms with Crippen LogP contribution < -0.4 is 29.0 Å². The summed E-state index contributed by atoms with van der Waals surface area (Å²) < 4.78 is 29.3. The zero-order valence-electron chi connectivity index (χ0n) is 24.1. The molecule has 8 nitrogen and oxygen atoms in total. The van der Waals surface area contributed by atoms with Gasteiger partial charge in [0.05, 0.1) is 25.3 Å². The summed E-state index contributed by atoms with van der Waals surface area (Å²) in [6.45, 7) is 2.91. The Balaban J connectivity index is 1.48. The first-order valence-corrected chi connectivity index (χ1v) is 14.2. The Morgan fingerprint density at radius 1 is 0.837 bits per heavy atom. The number of carbonyl (C=O) groups excluding carboxylic acids is 1. The van der Waals surface area contributed by atoms with Gasteiger partial charge in [0, 0.05) is 5.69 Å². The summed E-state index contributed by atoms with van der Waals surface area (Å²) in [5.74, 6) is 2.31. The van der Waals surface area contributed by atoms with E-state index >= 15 is 0 Å². The fourth-order valence-corrected chi connectivity index (χ4v) is 4.65. The normalized spacial score (nSPS) is 10.8. The maximum absolute atomic E-state index is 12.8. The lowest BCUT2D eigenvalue weighted by atomic mass is 10.1. The topological polar surface area (TPSA) is 99.0 Å². The molecule has 0 radical (unpaired) electrons. The maximum atomic E-state index is 12.8. The predicted octanol–water partition coefficient (Wildman–Crippen LogP) is 7.57. The number of halogens is 1. The number of nitrogens with one attached hydrogen (secondary N) is 1. The van der Waals surface area contributed by atoms with Crippen LogP contribution in [0, 0.1) is 11.3 Å². The number of amides is 1. The lowest BCUT2D eigenvalue weighted by molar-refractivity contribution is -0.112. The third kappa shape index (κ3) is 8.53. The van der Waals surface area contributed by atoms with Gasteiger partial charge in [-0.25, -0.2) is 0 Å². The lowest BCUT2D eigenvalue weighted by Crippen LogP contribution is -2.13. The van der Waals surface area contributed by atoms with Crippen LogP contribution in [0.5, 0.6) is 28.7 Å². The van der Waals surface area contributed by atoms with Gasteiger partial charge in [0.2, 0.25) is 0 Å². The van der Waals surface area contributed by atoms with Gasteiger partial charge in [-0.2, -0.15) is 5.26 Å². The van der Waals surface area contributed by atoms with Gasteiger partial charge in [0.25, 0.3) is 5.91 Å². The van der Waals surface area contributed by atoms with Crippen molar-refractivity contribution >= 4 is 33.6 Å². The summed E-state index contributed by atoms with van der Waals surface area (Å²) in [4.78, 5) is 12.8. The monoisotopic (exact) mass is 642 g/mol. The first-order chi connectivity index (χ1) is 20.9. The number of hydrogen-bond donors (Lipinski definition) is 1. The average molecular weight is 644 g/mol. The van der Waals surface area contributed by atoms with E-state index in [2.05, 4.69) is 21.2 Å². The molecule has 0 aliphatic carbocycles. The predicted molar refractivity (Wildman–Crippen MR) is 169 cm³/mol. The summed E-state index contributed by atoms with van der Waals surface area (Å²) in [7, 11) is 3.16. The molecule has 1 amide bonds. The fraction of sp³-hybridized carbons (Fsp3) is 0.176. The number of nitrogens with zero attached hydrogens (tertiary/aromatic N) is 1. The minimum absolute atomic E-state index is 0.0690. The van der Waals surface area contributed by atoms with Crippen LogP contribution >= 0.6 is 15.9 Å². The van der Waals surface area contributed by atoms with Crippen molar-refractivity contribution in [2.24, 2.45) is 0 Å². The van der Waals surface area contributed by atoms with E-state index in [0.717, 1.165) is 11.1 Å². The van der Waals surface area contributed by atoms with Crippen molar-refractivity contribution in [3.8, 4) is 34.8 Å². The number of anilines is 1. The van der Waals surface area contributed by atoms with Gasteiger partial charge < -0.3 is 29.0 Å². The molecule has 1 N–H and O–H groups in total. The van der Waals surface area contributed by atoms with E-state index in [1.165, 1.54) is 6.08 Å². The highest BCUT2D eigenvalue weighted by Gasteiger charge is 2.16. The van der Waals surface area contributed by atoms with E-state index in [-0.39, 0.29) is 12.2 Å². The number of nitriles is 1. The number of ether oxygens (including phenoxy) is 5. The SMILES string of the molecule is CCOc1cc(/C=C(/C#N)C(=O)Nc2ccc(OC)cc2)cc(Br)c1OCc1ccc(OCc2ccccc2)c(OC)c1. The number of benzene rings is 4. The molecule has 0 fully saturated rings. The lowest BCUT2D eigenvalue weighted by Gasteiger charge is -2.16. The standard InChI is InChI=1S/C34H31BrN2O6/c1-4-41-32-19-25(16-26(20-36)34(38)37-27-11-13-28(39-2)14-12-27)17-29(35)33(32)43-22-24-10-15-30(31(18-24)40-3)42-21-23-8-6-5-7-9-23/h5-19H,4,21-22H2,1-3H3,(H,37,38)/b26-16-. The highest BCUT2D eigenvalue weighted by molar-refractivity contribution is 9.10. The molecule has 0 aliphatic rings. The van der Waals surface area contributed by atoms with Crippen molar-refractivity contribution in [2.75, 3.05) is 26.1 Å². The first-order valence-electron chi connectivity index (χ1n) is 13.4. The molecule has 4 rings (SSSR count). The van der Waals surface area contributed by atoms with E-state index in [1.807, 2.05) is 61.5 Å². The molecule has 43 heavy (non-hydrogen) atoms. The molecular formula is C34H31BrN2O6. The molecule has 4 aromatic rings. The number of methoxy groups -OCH3 is 2. The highest BCUT2D eigenvalue weighted by Crippen LogP contribution is 2.38. The zero-order valence-corrected chi connectivity index (χ0v) is 25.6. The van der Waals surface area contributed by atoms with Gasteiger partial charge in [-0.15, -0.1) is 0 Å². The van der Waals surface area contributed by atoms with Crippen LogP contribution in [0.15, 0.2) is 95.0 Å².